The van der Waals surface area contributed by atoms with E-state index in [4.69, 9.17) is 4.74 Å². The lowest BCUT2D eigenvalue weighted by Crippen LogP contribution is -2.38. The molecule has 0 amide bonds. The number of alkyl halides is 2. The molecule has 3 rings (SSSR count). The number of aromatic nitrogens is 2. The van der Waals surface area contributed by atoms with Crippen molar-refractivity contribution >= 4 is 5.96 Å². The Kier molecular flexibility index (Phi) is 8.42. The molecule has 170 valence electrons. The summed E-state index contributed by atoms with van der Waals surface area (Å²) in [6.45, 7) is -1.05. The number of rotatable bonds is 10. The number of aliphatic imine (C=N–C) groups is 1. The summed E-state index contributed by atoms with van der Waals surface area (Å²) in [4.78, 5) is 4.26. The molecule has 3 aromatic rings. The Labute approximate surface area is 186 Å². The molecular weight excluding hydrogens is 416 g/mol. The molecule has 1 aromatic heterocycles. The highest BCUT2D eigenvalue weighted by molar-refractivity contribution is 5.79. The van der Waals surface area contributed by atoms with Crippen molar-refractivity contribution in [3.8, 4) is 11.5 Å². The minimum atomic E-state index is -2.91. The van der Waals surface area contributed by atoms with E-state index in [1.54, 1.807) is 25.4 Å². The first-order chi connectivity index (χ1) is 15.6. The van der Waals surface area contributed by atoms with E-state index in [-0.39, 0.29) is 11.5 Å². The monoisotopic (exact) mass is 443 g/mol. The molecule has 9 heteroatoms. The maximum atomic E-state index is 12.6. The van der Waals surface area contributed by atoms with Gasteiger partial charge in [-0.1, -0.05) is 30.3 Å². The topological polar surface area (TPSA) is 72.7 Å². The number of halogens is 2. The number of ether oxygens (including phenoxy) is 2. The molecule has 32 heavy (non-hydrogen) atoms. The van der Waals surface area contributed by atoms with Crippen LogP contribution < -0.4 is 20.1 Å². The van der Waals surface area contributed by atoms with Crippen LogP contribution in [0.1, 0.15) is 16.7 Å². The van der Waals surface area contributed by atoms with Crippen molar-refractivity contribution in [2.24, 2.45) is 4.99 Å². The Morgan fingerprint density at radius 1 is 1.09 bits per heavy atom. The molecule has 0 atom stereocenters. The van der Waals surface area contributed by atoms with Crippen molar-refractivity contribution in [3.63, 3.8) is 0 Å². The fourth-order valence-electron chi connectivity index (χ4n) is 3.24. The first kappa shape index (κ1) is 23.1. The highest BCUT2D eigenvalue weighted by atomic mass is 19.3. The third-order valence-corrected chi connectivity index (χ3v) is 4.83. The summed E-state index contributed by atoms with van der Waals surface area (Å²) in [5, 5.41) is 10.8. The summed E-state index contributed by atoms with van der Waals surface area (Å²) in [5.41, 5.74) is 3.16. The Bertz CT molecular complexity index is 1010. The molecule has 0 radical (unpaired) electrons. The summed E-state index contributed by atoms with van der Waals surface area (Å²) in [7, 11) is 3.12. The Balaban J connectivity index is 1.53. The van der Waals surface area contributed by atoms with Crippen LogP contribution in [0.25, 0.3) is 0 Å². The molecule has 0 aliphatic heterocycles. The summed E-state index contributed by atoms with van der Waals surface area (Å²) < 4.78 is 36.7. The molecule has 0 aliphatic carbocycles. The van der Waals surface area contributed by atoms with Gasteiger partial charge in [-0.25, -0.2) is 0 Å². The van der Waals surface area contributed by atoms with Gasteiger partial charge in [0.25, 0.3) is 0 Å². The average Bonchev–Trinajstić information content (AvgIpc) is 3.30. The second kappa shape index (κ2) is 11.7. The fraction of sp³-hybridized carbons (Fsp3) is 0.304. The number of methoxy groups -OCH3 is 1. The highest BCUT2D eigenvalue weighted by Gasteiger charge is 2.11. The van der Waals surface area contributed by atoms with Crippen molar-refractivity contribution in [2.45, 2.75) is 26.1 Å². The minimum Gasteiger partial charge on any atom is -0.493 e. The second-order valence-electron chi connectivity index (χ2n) is 6.94. The van der Waals surface area contributed by atoms with Crippen LogP contribution in [0.3, 0.4) is 0 Å². The van der Waals surface area contributed by atoms with E-state index in [9.17, 15) is 8.78 Å². The Morgan fingerprint density at radius 3 is 2.59 bits per heavy atom. The van der Waals surface area contributed by atoms with E-state index in [1.807, 2.05) is 35.1 Å². The van der Waals surface area contributed by atoms with Crippen LogP contribution in [0.15, 0.2) is 65.9 Å². The molecule has 0 spiro atoms. The van der Waals surface area contributed by atoms with Gasteiger partial charge in [-0.05, 0) is 41.3 Å². The maximum Gasteiger partial charge on any atom is 0.387 e. The first-order valence-corrected chi connectivity index (χ1v) is 10.2. The van der Waals surface area contributed by atoms with Gasteiger partial charge in [-0.2, -0.15) is 13.9 Å². The number of nitrogens with zero attached hydrogens (tertiary/aromatic N) is 3. The predicted molar refractivity (Wildman–Crippen MR) is 119 cm³/mol. The molecular formula is C23H27F2N5O2. The molecule has 0 bridgehead atoms. The van der Waals surface area contributed by atoms with Crippen LogP contribution in [0.4, 0.5) is 8.78 Å². The van der Waals surface area contributed by atoms with E-state index in [1.165, 1.54) is 12.7 Å². The van der Waals surface area contributed by atoms with Crippen molar-refractivity contribution in [1.29, 1.82) is 0 Å². The third kappa shape index (κ3) is 6.69. The molecule has 2 aromatic carbocycles. The van der Waals surface area contributed by atoms with Crippen LogP contribution in [-0.4, -0.2) is 43.1 Å². The number of hydrogen-bond acceptors (Lipinski definition) is 4. The van der Waals surface area contributed by atoms with Gasteiger partial charge in [-0.15, -0.1) is 0 Å². The molecule has 0 aliphatic rings. The zero-order valence-electron chi connectivity index (χ0n) is 18.1. The van der Waals surface area contributed by atoms with Gasteiger partial charge in [0, 0.05) is 32.5 Å². The highest BCUT2D eigenvalue weighted by Crippen LogP contribution is 2.29. The lowest BCUT2D eigenvalue weighted by atomic mass is 10.1. The zero-order valence-corrected chi connectivity index (χ0v) is 18.1. The molecule has 0 saturated carbocycles. The largest absolute Gasteiger partial charge is 0.493 e. The van der Waals surface area contributed by atoms with Crippen LogP contribution in [0.5, 0.6) is 11.5 Å². The smallest absolute Gasteiger partial charge is 0.387 e. The summed E-state index contributed by atoms with van der Waals surface area (Å²) in [6, 6.07) is 15.1. The van der Waals surface area contributed by atoms with Crippen LogP contribution in [0.2, 0.25) is 0 Å². The Hall–Kier alpha value is -3.62. The SMILES string of the molecule is CN=C(NCCc1ccc(OC)c(OC(F)F)c1)NCc1ccccc1Cn1cccn1. The molecule has 0 fully saturated rings. The van der Waals surface area contributed by atoms with Gasteiger partial charge < -0.3 is 20.1 Å². The lowest BCUT2D eigenvalue weighted by molar-refractivity contribution is -0.0512. The van der Waals surface area contributed by atoms with Gasteiger partial charge in [0.2, 0.25) is 0 Å². The number of hydrogen-bond donors (Lipinski definition) is 2. The zero-order chi connectivity index (χ0) is 22.8. The molecule has 1 heterocycles. The van der Waals surface area contributed by atoms with Crippen LogP contribution in [0, 0.1) is 0 Å². The Morgan fingerprint density at radius 2 is 1.91 bits per heavy atom. The number of guanidine groups is 1. The molecule has 7 nitrogen and oxygen atoms in total. The third-order valence-electron chi connectivity index (χ3n) is 4.83. The van der Waals surface area contributed by atoms with Gasteiger partial charge >= 0.3 is 6.61 Å². The minimum absolute atomic E-state index is 0.0243. The summed E-state index contributed by atoms with van der Waals surface area (Å²) in [5.74, 6) is 0.945. The van der Waals surface area contributed by atoms with Gasteiger partial charge in [0.15, 0.2) is 17.5 Å². The van der Waals surface area contributed by atoms with E-state index < -0.39 is 6.61 Å². The van der Waals surface area contributed by atoms with E-state index >= 15 is 0 Å². The summed E-state index contributed by atoms with van der Waals surface area (Å²) >= 11 is 0. The van der Waals surface area contributed by atoms with Crippen LogP contribution in [-0.2, 0) is 19.5 Å². The van der Waals surface area contributed by atoms with Gasteiger partial charge in [-0.3, -0.25) is 9.67 Å². The summed E-state index contributed by atoms with van der Waals surface area (Å²) in [6.07, 6.45) is 4.29. The van der Waals surface area contributed by atoms with Crippen LogP contribution >= 0.6 is 0 Å². The van der Waals surface area contributed by atoms with Crippen molar-refractivity contribution in [2.75, 3.05) is 20.7 Å². The van der Waals surface area contributed by atoms with Gasteiger partial charge in [0.1, 0.15) is 0 Å². The molecule has 0 saturated heterocycles. The quantitative estimate of drug-likeness (QED) is 0.371. The van der Waals surface area contributed by atoms with Crippen molar-refractivity contribution < 1.29 is 18.3 Å². The lowest BCUT2D eigenvalue weighted by Gasteiger charge is -2.15. The molecule has 0 unspecified atom stereocenters. The van der Waals surface area contributed by atoms with Crippen molar-refractivity contribution in [1.82, 2.24) is 20.4 Å². The predicted octanol–water partition coefficient (Wildman–Crippen LogP) is 3.45. The number of benzene rings is 2. The first-order valence-electron chi connectivity index (χ1n) is 10.2. The maximum absolute atomic E-state index is 12.6. The van der Waals surface area contributed by atoms with E-state index in [0.29, 0.717) is 32.0 Å². The van der Waals surface area contributed by atoms with Crippen molar-refractivity contribution in [3.05, 3.63) is 77.6 Å². The van der Waals surface area contributed by atoms with E-state index in [2.05, 4.69) is 37.6 Å². The van der Waals surface area contributed by atoms with Gasteiger partial charge in [0.05, 0.1) is 13.7 Å². The van der Waals surface area contributed by atoms with E-state index in [0.717, 1.165) is 11.1 Å². The second-order valence-corrected chi connectivity index (χ2v) is 6.94. The number of nitrogens with one attached hydrogen (secondary N) is 2. The average molecular weight is 443 g/mol. The molecule has 2 N–H and O–H groups in total. The standard InChI is InChI=1S/C23H27F2N5O2/c1-26-23(27-12-10-17-8-9-20(31-2)21(14-17)32-22(24)25)28-15-18-6-3-4-7-19(18)16-30-13-5-11-29-30/h3-9,11,13-14,22H,10,12,15-16H2,1-2H3,(H2,26,27,28). The fourth-order valence-corrected chi connectivity index (χ4v) is 3.24. The normalized spacial score (nSPS) is 11.5.